The van der Waals surface area contributed by atoms with Crippen LogP contribution in [0.2, 0.25) is 0 Å². The van der Waals surface area contributed by atoms with Gasteiger partial charge in [0.2, 0.25) is 0 Å². The highest BCUT2D eigenvalue weighted by Crippen LogP contribution is 2.20. The first-order valence-electron chi connectivity index (χ1n) is 5.41. The molecule has 17 heavy (non-hydrogen) atoms. The average molecular weight is 268 g/mol. The minimum Gasteiger partial charge on any atom is -0.351 e. The molecular formula is C12H14ClN3S. The van der Waals surface area contributed by atoms with Gasteiger partial charge in [0.1, 0.15) is 0 Å². The fourth-order valence-corrected chi connectivity index (χ4v) is 2.50. The summed E-state index contributed by atoms with van der Waals surface area (Å²) in [6, 6.07) is 5.98. The molecule has 0 spiro atoms. The minimum absolute atomic E-state index is 0.477. The van der Waals surface area contributed by atoms with E-state index < -0.39 is 0 Å². The van der Waals surface area contributed by atoms with Gasteiger partial charge in [-0.15, -0.1) is 22.9 Å². The molecule has 2 aromatic heterocycles. The van der Waals surface area contributed by atoms with Crippen LogP contribution in [0.4, 0.5) is 5.13 Å². The highest BCUT2D eigenvalue weighted by Gasteiger charge is 2.06. The van der Waals surface area contributed by atoms with E-state index in [1.165, 1.54) is 0 Å². The van der Waals surface area contributed by atoms with Crippen molar-refractivity contribution in [3.63, 3.8) is 0 Å². The van der Waals surface area contributed by atoms with Crippen LogP contribution in [0, 0.1) is 0 Å². The summed E-state index contributed by atoms with van der Waals surface area (Å²) in [4.78, 5) is 10.9. The maximum Gasteiger partial charge on any atom is 0.185 e. The molecule has 0 radical (unpaired) electrons. The Kier molecular flexibility index (Phi) is 4.34. The second-order valence-electron chi connectivity index (χ2n) is 3.75. The van der Waals surface area contributed by atoms with Crippen molar-refractivity contribution in [2.75, 3.05) is 18.5 Å². The SMILES string of the molecule is CN(CCc1ccccn1)c1nc(CCl)cs1. The van der Waals surface area contributed by atoms with Crippen LogP contribution in [-0.2, 0) is 12.3 Å². The summed E-state index contributed by atoms with van der Waals surface area (Å²) in [5, 5.41) is 3.01. The van der Waals surface area contributed by atoms with E-state index in [4.69, 9.17) is 11.6 Å². The third-order valence-corrected chi connectivity index (χ3v) is 3.71. The summed E-state index contributed by atoms with van der Waals surface area (Å²) in [6.07, 6.45) is 2.75. The van der Waals surface area contributed by atoms with Crippen molar-refractivity contribution in [3.8, 4) is 0 Å². The Morgan fingerprint density at radius 1 is 1.35 bits per heavy atom. The predicted molar refractivity (Wildman–Crippen MR) is 72.9 cm³/mol. The monoisotopic (exact) mass is 267 g/mol. The van der Waals surface area contributed by atoms with E-state index in [0.717, 1.165) is 29.5 Å². The van der Waals surface area contributed by atoms with Gasteiger partial charge in [-0.25, -0.2) is 4.98 Å². The van der Waals surface area contributed by atoms with E-state index in [2.05, 4.69) is 14.9 Å². The summed E-state index contributed by atoms with van der Waals surface area (Å²) in [5.74, 6) is 0.477. The van der Waals surface area contributed by atoms with Crippen LogP contribution in [-0.4, -0.2) is 23.6 Å². The summed E-state index contributed by atoms with van der Waals surface area (Å²) >= 11 is 7.36. The van der Waals surface area contributed by atoms with Crippen LogP contribution in [0.3, 0.4) is 0 Å². The Bertz CT molecular complexity index is 458. The number of likely N-dealkylation sites (N-methyl/N-ethyl adjacent to an activating group) is 1. The molecule has 0 aliphatic heterocycles. The lowest BCUT2D eigenvalue weighted by Crippen LogP contribution is -2.20. The van der Waals surface area contributed by atoms with Gasteiger partial charge in [-0.05, 0) is 12.1 Å². The Labute approximate surface area is 110 Å². The first kappa shape index (κ1) is 12.3. The van der Waals surface area contributed by atoms with E-state index >= 15 is 0 Å². The second-order valence-corrected chi connectivity index (χ2v) is 4.85. The summed E-state index contributed by atoms with van der Waals surface area (Å²) in [7, 11) is 2.04. The number of pyridine rings is 1. The highest BCUT2D eigenvalue weighted by atomic mass is 35.5. The highest BCUT2D eigenvalue weighted by molar-refractivity contribution is 7.13. The lowest BCUT2D eigenvalue weighted by Gasteiger charge is -2.14. The number of rotatable bonds is 5. The maximum atomic E-state index is 5.73. The van der Waals surface area contributed by atoms with Gasteiger partial charge >= 0.3 is 0 Å². The van der Waals surface area contributed by atoms with Gasteiger partial charge in [0.25, 0.3) is 0 Å². The second kappa shape index (κ2) is 5.98. The molecule has 0 unspecified atom stereocenters. The smallest absolute Gasteiger partial charge is 0.185 e. The molecule has 0 saturated heterocycles. The zero-order valence-electron chi connectivity index (χ0n) is 9.64. The van der Waals surface area contributed by atoms with Crippen LogP contribution >= 0.6 is 22.9 Å². The lowest BCUT2D eigenvalue weighted by atomic mass is 10.2. The molecule has 0 amide bonds. The zero-order chi connectivity index (χ0) is 12.1. The van der Waals surface area contributed by atoms with E-state index in [-0.39, 0.29) is 0 Å². The van der Waals surface area contributed by atoms with Crippen LogP contribution < -0.4 is 4.90 Å². The number of nitrogens with zero attached hydrogens (tertiary/aromatic N) is 3. The van der Waals surface area contributed by atoms with Gasteiger partial charge in [-0.3, -0.25) is 4.98 Å². The molecule has 0 aliphatic rings. The number of aromatic nitrogens is 2. The molecule has 2 heterocycles. The molecule has 0 saturated carbocycles. The van der Waals surface area contributed by atoms with Crippen LogP contribution in [0.5, 0.6) is 0 Å². The number of alkyl halides is 1. The van der Waals surface area contributed by atoms with Gasteiger partial charge in [-0.2, -0.15) is 0 Å². The Hall–Kier alpha value is -1.13. The number of halogens is 1. The van der Waals surface area contributed by atoms with Crippen molar-refractivity contribution >= 4 is 28.1 Å². The summed E-state index contributed by atoms with van der Waals surface area (Å²) < 4.78 is 0. The van der Waals surface area contributed by atoms with Gasteiger partial charge in [0.05, 0.1) is 11.6 Å². The van der Waals surface area contributed by atoms with Crippen LogP contribution in [0.25, 0.3) is 0 Å². The predicted octanol–water partition coefficient (Wildman–Crippen LogP) is 2.96. The molecular weight excluding hydrogens is 254 g/mol. The van der Waals surface area contributed by atoms with Crippen molar-refractivity contribution in [3.05, 3.63) is 41.2 Å². The molecule has 2 rings (SSSR count). The first-order chi connectivity index (χ1) is 8.29. The molecule has 0 fully saturated rings. The number of anilines is 1. The Balaban J connectivity index is 1.91. The van der Waals surface area contributed by atoms with E-state index in [1.54, 1.807) is 11.3 Å². The quantitative estimate of drug-likeness (QED) is 0.780. The Morgan fingerprint density at radius 3 is 2.88 bits per heavy atom. The van der Waals surface area contributed by atoms with Crippen molar-refractivity contribution in [2.24, 2.45) is 0 Å². The fraction of sp³-hybridized carbons (Fsp3) is 0.333. The summed E-state index contributed by atoms with van der Waals surface area (Å²) in [5.41, 5.74) is 2.05. The van der Waals surface area contributed by atoms with Crippen molar-refractivity contribution < 1.29 is 0 Å². The van der Waals surface area contributed by atoms with E-state index in [0.29, 0.717) is 5.88 Å². The topological polar surface area (TPSA) is 29.0 Å². The maximum absolute atomic E-state index is 5.73. The number of thiazole rings is 1. The van der Waals surface area contributed by atoms with E-state index in [1.807, 2.05) is 36.8 Å². The molecule has 0 aliphatic carbocycles. The Morgan fingerprint density at radius 2 is 2.24 bits per heavy atom. The molecule has 5 heteroatoms. The normalized spacial score (nSPS) is 10.5. The molecule has 0 N–H and O–H groups in total. The van der Waals surface area contributed by atoms with Gasteiger partial charge < -0.3 is 4.90 Å². The van der Waals surface area contributed by atoms with E-state index in [9.17, 15) is 0 Å². The standard InChI is InChI=1S/C12H14ClN3S/c1-16(12-15-11(8-13)9-17-12)7-5-10-4-2-3-6-14-10/h2-4,6,9H,5,7-8H2,1H3. The average Bonchev–Trinajstić information content (AvgIpc) is 2.86. The van der Waals surface area contributed by atoms with Crippen LogP contribution in [0.1, 0.15) is 11.4 Å². The zero-order valence-corrected chi connectivity index (χ0v) is 11.2. The third kappa shape index (κ3) is 3.41. The van der Waals surface area contributed by atoms with Gasteiger partial charge in [0.15, 0.2) is 5.13 Å². The lowest BCUT2D eigenvalue weighted by molar-refractivity contribution is 0.846. The first-order valence-corrected chi connectivity index (χ1v) is 6.82. The number of hydrogen-bond donors (Lipinski definition) is 0. The molecule has 0 aromatic carbocycles. The van der Waals surface area contributed by atoms with Crippen molar-refractivity contribution in [2.45, 2.75) is 12.3 Å². The molecule has 3 nitrogen and oxygen atoms in total. The van der Waals surface area contributed by atoms with Gasteiger partial charge in [0, 0.05) is 37.3 Å². The number of hydrogen-bond acceptors (Lipinski definition) is 4. The van der Waals surface area contributed by atoms with Crippen LogP contribution in [0.15, 0.2) is 29.8 Å². The minimum atomic E-state index is 0.477. The van der Waals surface area contributed by atoms with Crippen molar-refractivity contribution in [1.82, 2.24) is 9.97 Å². The third-order valence-electron chi connectivity index (χ3n) is 2.43. The largest absolute Gasteiger partial charge is 0.351 e. The fourth-order valence-electron chi connectivity index (χ4n) is 1.46. The molecule has 90 valence electrons. The molecule has 2 aromatic rings. The molecule has 0 bridgehead atoms. The van der Waals surface area contributed by atoms with Crippen molar-refractivity contribution in [1.29, 1.82) is 0 Å². The molecule has 0 atom stereocenters. The van der Waals surface area contributed by atoms with Gasteiger partial charge in [-0.1, -0.05) is 6.07 Å². The summed E-state index contributed by atoms with van der Waals surface area (Å²) in [6.45, 7) is 0.909.